The quantitative estimate of drug-likeness (QED) is 0.199. The molecule has 4 rings (SSSR count). The van der Waals surface area contributed by atoms with Crippen molar-refractivity contribution in [1.82, 2.24) is 0 Å². The normalized spacial score (nSPS) is 23.0. The number of allylic oxidation sites excluding steroid dienone is 1. The van der Waals surface area contributed by atoms with Crippen LogP contribution in [0.15, 0.2) is 54.6 Å². The Hall–Kier alpha value is -4.55. The Balaban J connectivity index is 1.65. The second-order valence-electron chi connectivity index (χ2n) is 10.8. The molecule has 1 fully saturated rings. The van der Waals surface area contributed by atoms with Crippen LogP contribution >= 0.6 is 11.6 Å². The van der Waals surface area contributed by atoms with Gasteiger partial charge in [0.15, 0.2) is 24.1 Å². The number of carbonyl (C=O) groups excluding carboxylic acids is 6. The highest BCUT2D eigenvalue weighted by Crippen LogP contribution is 2.39. The minimum absolute atomic E-state index is 0.112. The van der Waals surface area contributed by atoms with Gasteiger partial charge in [0, 0.05) is 51.2 Å². The highest BCUT2D eigenvalue weighted by atomic mass is 35.5. The van der Waals surface area contributed by atoms with Gasteiger partial charge < -0.3 is 28.6 Å². The number of hydrogen-bond donors (Lipinski definition) is 0. The maximum Gasteiger partial charge on any atom is 0.303 e. The fraction of sp³-hybridized carbons (Fsp3) is 0.394. The lowest BCUT2D eigenvalue weighted by Crippen LogP contribution is -2.62. The fourth-order valence-corrected chi connectivity index (χ4v) is 5.65. The molecule has 0 N–H and O–H groups in total. The summed E-state index contributed by atoms with van der Waals surface area (Å²) in [7, 11) is 0. The number of nitrogens with zero attached hydrogens (tertiary/aromatic N) is 1. The summed E-state index contributed by atoms with van der Waals surface area (Å²) in [5, 5.41) is 0.370. The van der Waals surface area contributed by atoms with Gasteiger partial charge in [-0.05, 0) is 36.3 Å². The van der Waals surface area contributed by atoms with Gasteiger partial charge in [0.05, 0.1) is 11.3 Å². The second kappa shape index (κ2) is 15.2. The standard InChI is InChI=1S/C33H34ClNO11/c1-18(36)42-17-29-31(44-20(3)38)32(45-21(4)39)30(43-19(2)37)28(46-29)16-24(40)15-26-25-14-23(34)10-11-27(25)35(33(26)41)13-12-22-8-6-5-7-9-22/h5-11,14-15,28-32H,12-13,16-17H2,1-4H3/b26-15-/t28-,29+,30-,31+,32+/m0/s1. The molecule has 0 aromatic heterocycles. The first-order valence-electron chi connectivity index (χ1n) is 14.5. The topological polar surface area (TPSA) is 152 Å². The molecule has 46 heavy (non-hydrogen) atoms. The van der Waals surface area contributed by atoms with Crippen LogP contribution in [0.3, 0.4) is 0 Å². The van der Waals surface area contributed by atoms with E-state index >= 15 is 0 Å². The predicted octanol–water partition coefficient (Wildman–Crippen LogP) is 3.40. The number of fused-ring (bicyclic) bond motifs is 1. The molecule has 0 saturated carbocycles. The monoisotopic (exact) mass is 655 g/mol. The van der Waals surface area contributed by atoms with Gasteiger partial charge in [-0.25, -0.2) is 0 Å². The second-order valence-corrected chi connectivity index (χ2v) is 11.3. The molecule has 0 bridgehead atoms. The van der Waals surface area contributed by atoms with Gasteiger partial charge in [-0.15, -0.1) is 0 Å². The van der Waals surface area contributed by atoms with Crippen molar-refractivity contribution in [2.45, 2.75) is 71.1 Å². The number of rotatable bonds is 11. The molecule has 5 atom stereocenters. The maximum absolute atomic E-state index is 13.7. The molecule has 13 heteroatoms. The van der Waals surface area contributed by atoms with E-state index in [1.165, 1.54) is 6.08 Å². The Labute approximate surface area is 270 Å². The lowest BCUT2D eigenvalue weighted by molar-refractivity contribution is -0.252. The molecule has 244 valence electrons. The zero-order valence-corrected chi connectivity index (χ0v) is 26.5. The van der Waals surface area contributed by atoms with Crippen LogP contribution in [0.25, 0.3) is 5.57 Å². The van der Waals surface area contributed by atoms with Crippen molar-refractivity contribution in [3.05, 3.63) is 70.8 Å². The maximum atomic E-state index is 13.7. The average Bonchev–Trinajstić information content (AvgIpc) is 3.23. The van der Waals surface area contributed by atoms with Crippen molar-refractivity contribution in [3.8, 4) is 0 Å². The van der Waals surface area contributed by atoms with Gasteiger partial charge in [-0.3, -0.25) is 28.8 Å². The number of ether oxygens (including phenoxy) is 5. The van der Waals surface area contributed by atoms with Gasteiger partial charge in [0.2, 0.25) is 0 Å². The van der Waals surface area contributed by atoms with Crippen molar-refractivity contribution in [2.24, 2.45) is 0 Å². The summed E-state index contributed by atoms with van der Waals surface area (Å²) >= 11 is 6.27. The summed E-state index contributed by atoms with van der Waals surface area (Å²) < 4.78 is 27.4. The Bertz CT molecular complexity index is 1540. The molecule has 1 saturated heterocycles. The molecule has 0 aliphatic carbocycles. The average molecular weight is 656 g/mol. The minimum atomic E-state index is -1.41. The molecule has 2 aliphatic heterocycles. The molecular formula is C33H34ClNO11. The largest absolute Gasteiger partial charge is 0.463 e. The first kappa shape index (κ1) is 34.3. The van der Waals surface area contributed by atoms with E-state index in [0.29, 0.717) is 29.2 Å². The van der Waals surface area contributed by atoms with Gasteiger partial charge in [0.25, 0.3) is 5.91 Å². The minimum Gasteiger partial charge on any atom is -0.463 e. The van der Waals surface area contributed by atoms with Gasteiger partial charge in [0.1, 0.15) is 18.8 Å². The highest BCUT2D eigenvalue weighted by molar-refractivity contribution is 6.36. The third-order valence-electron chi connectivity index (χ3n) is 7.28. The van der Waals surface area contributed by atoms with Crippen LogP contribution in [0.1, 0.15) is 45.2 Å². The molecule has 0 unspecified atom stereocenters. The third kappa shape index (κ3) is 8.58. The first-order valence-corrected chi connectivity index (χ1v) is 14.9. The van der Waals surface area contributed by atoms with E-state index in [-0.39, 0.29) is 5.57 Å². The van der Waals surface area contributed by atoms with Crippen LogP contribution in [0.4, 0.5) is 5.69 Å². The predicted molar refractivity (Wildman–Crippen MR) is 164 cm³/mol. The van der Waals surface area contributed by atoms with Crippen LogP contribution in [0, 0.1) is 0 Å². The number of benzene rings is 2. The van der Waals surface area contributed by atoms with E-state index in [0.717, 1.165) is 33.3 Å². The van der Waals surface area contributed by atoms with Gasteiger partial charge in [-0.1, -0.05) is 41.9 Å². The lowest BCUT2D eigenvalue weighted by atomic mass is 9.91. The molecule has 2 aromatic carbocycles. The van der Waals surface area contributed by atoms with E-state index in [1.807, 2.05) is 30.3 Å². The Kier molecular flexibility index (Phi) is 11.3. The molecule has 1 amide bonds. The lowest BCUT2D eigenvalue weighted by Gasteiger charge is -2.44. The van der Waals surface area contributed by atoms with E-state index in [9.17, 15) is 28.8 Å². The van der Waals surface area contributed by atoms with E-state index in [2.05, 4.69) is 0 Å². The summed E-state index contributed by atoms with van der Waals surface area (Å²) in [5.41, 5.74) is 2.21. The number of carbonyl (C=O) groups is 6. The summed E-state index contributed by atoms with van der Waals surface area (Å²) in [6.45, 7) is 4.41. The summed E-state index contributed by atoms with van der Waals surface area (Å²) in [5.74, 6) is -4.00. The van der Waals surface area contributed by atoms with Crippen molar-refractivity contribution in [2.75, 3.05) is 18.1 Å². The number of halogens is 1. The van der Waals surface area contributed by atoms with Crippen LogP contribution in [0.2, 0.25) is 5.02 Å². The smallest absolute Gasteiger partial charge is 0.303 e. The number of esters is 4. The van der Waals surface area contributed by atoms with E-state index in [4.69, 9.17) is 35.3 Å². The van der Waals surface area contributed by atoms with Crippen LogP contribution in [-0.2, 0) is 58.9 Å². The summed E-state index contributed by atoms with van der Waals surface area (Å²) in [4.78, 5) is 76.7. The zero-order valence-electron chi connectivity index (χ0n) is 25.7. The van der Waals surface area contributed by atoms with Crippen molar-refractivity contribution in [1.29, 1.82) is 0 Å². The molecule has 2 aromatic rings. The van der Waals surface area contributed by atoms with Crippen LogP contribution in [0.5, 0.6) is 0 Å². The van der Waals surface area contributed by atoms with Crippen molar-refractivity contribution < 1.29 is 52.5 Å². The number of hydrogen-bond acceptors (Lipinski definition) is 11. The Morgan fingerprint density at radius 2 is 1.43 bits per heavy atom. The number of anilines is 1. The molecule has 2 heterocycles. The molecular weight excluding hydrogens is 622 g/mol. The highest BCUT2D eigenvalue weighted by Gasteiger charge is 2.52. The summed E-state index contributed by atoms with van der Waals surface area (Å²) in [6, 6.07) is 14.6. The van der Waals surface area contributed by atoms with Gasteiger partial charge >= 0.3 is 23.9 Å². The van der Waals surface area contributed by atoms with Crippen molar-refractivity contribution >= 4 is 58.4 Å². The third-order valence-corrected chi connectivity index (χ3v) is 7.51. The summed E-state index contributed by atoms with van der Waals surface area (Å²) in [6.07, 6.45) is -5.32. The van der Waals surface area contributed by atoms with Gasteiger partial charge in [-0.2, -0.15) is 0 Å². The Morgan fingerprint density at radius 1 is 0.826 bits per heavy atom. The van der Waals surface area contributed by atoms with Crippen LogP contribution in [-0.4, -0.2) is 79.2 Å². The van der Waals surface area contributed by atoms with E-state index in [1.54, 1.807) is 23.1 Å². The van der Waals surface area contributed by atoms with Crippen molar-refractivity contribution in [3.63, 3.8) is 0 Å². The fourth-order valence-electron chi connectivity index (χ4n) is 5.48. The number of amides is 1. The first-order chi connectivity index (χ1) is 21.8. The Morgan fingerprint density at radius 3 is 2.04 bits per heavy atom. The molecule has 0 spiro atoms. The molecule has 12 nitrogen and oxygen atoms in total. The SMILES string of the molecule is CC(=O)OC[C@H]1O[C@@H](CC(=O)/C=C2\C(=O)N(CCc3ccccc3)c3ccc(Cl)cc32)[C@H](OC(C)=O)[C@@H](OC(C)=O)[C@@H]1OC(C)=O. The molecule has 2 aliphatic rings. The zero-order chi connectivity index (χ0) is 33.5. The van der Waals surface area contributed by atoms with E-state index < -0.39 is 79.1 Å². The number of ketones is 1. The van der Waals surface area contributed by atoms with Crippen LogP contribution < -0.4 is 4.90 Å². The molecule has 0 radical (unpaired) electrons.